The zero-order chi connectivity index (χ0) is 11.8. The lowest BCUT2D eigenvalue weighted by molar-refractivity contribution is -0.112. The van der Waals surface area contributed by atoms with E-state index >= 15 is 0 Å². The number of unbranched alkanes of at least 4 members (excludes halogenated alkanes) is 1. The molecule has 1 aromatic rings. The number of carbonyl (C=O) groups is 1. The van der Waals surface area contributed by atoms with Crippen LogP contribution in [-0.2, 0) is 4.79 Å². The van der Waals surface area contributed by atoms with Crippen LogP contribution in [0, 0.1) is 0 Å². The van der Waals surface area contributed by atoms with Gasteiger partial charge in [-0.3, -0.25) is 4.79 Å². The van der Waals surface area contributed by atoms with Crippen LogP contribution in [0.15, 0.2) is 46.2 Å². The summed E-state index contributed by atoms with van der Waals surface area (Å²) < 4.78 is 0. The van der Waals surface area contributed by atoms with Crippen LogP contribution in [0.1, 0.15) is 33.1 Å². The Morgan fingerprint density at radius 3 is 2.56 bits per heavy atom. The van der Waals surface area contributed by atoms with E-state index in [0.717, 1.165) is 19.3 Å². The van der Waals surface area contributed by atoms with Crippen molar-refractivity contribution in [1.82, 2.24) is 0 Å². The Morgan fingerprint density at radius 1 is 1.31 bits per heavy atom. The van der Waals surface area contributed by atoms with Crippen LogP contribution in [-0.4, -0.2) is 5.78 Å². The summed E-state index contributed by atoms with van der Waals surface area (Å²) in [5.41, 5.74) is 0. The van der Waals surface area contributed by atoms with E-state index in [-0.39, 0.29) is 5.78 Å². The Morgan fingerprint density at radius 2 is 2.00 bits per heavy atom. The summed E-state index contributed by atoms with van der Waals surface area (Å²) >= 11 is 1.70. The molecule has 0 spiro atoms. The molecule has 0 aliphatic heterocycles. The van der Waals surface area contributed by atoms with E-state index in [1.807, 2.05) is 18.2 Å². The third kappa shape index (κ3) is 5.17. The highest BCUT2D eigenvalue weighted by molar-refractivity contribution is 8.03. The van der Waals surface area contributed by atoms with Crippen LogP contribution in [0.25, 0.3) is 0 Å². The summed E-state index contributed by atoms with van der Waals surface area (Å²) in [7, 11) is 0. The lowest BCUT2D eigenvalue weighted by atomic mass is 10.2. The summed E-state index contributed by atoms with van der Waals surface area (Å²) in [5.74, 6) is 0.134. The number of hydrogen-bond donors (Lipinski definition) is 0. The summed E-state index contributed by atoms with van der Waals surface area (Å²) in [4.78, 5) is 13.5. The summed E-state index contributed by atoms with van der Waals surface area (Å²) in [5, 5.41) is 0. The van der Waals surface area contributed by atoms with Gasteiger partial charge in [0.1, 0.15) is 0 Å². The zero-order valence-electron chi connectivity index (χ0n) is 9.90. The average molecular weight is 234 g/mol. The van der Waals surface area contributed by atoms with Gasteiger partial charge < -0.3 is 0 Å². The first kappa shape index (κ1) is 13.0. The van der Waals surface area contributed by atoms with Crippen LogP contribution in [0.5, 0.6) is 0 Å². The molecule has 0 saturated heterocycles. The molecule has 2 heteroatoms. The Balaban J connectivity index is 2.67. The Hall–Kier alpha value is -1.02. The van der Waals surface area contributed by atoms with Crippen molar-refractivity contribution < 1.29 is 4.79 Å². The van der Waals surface area contributed by atoms with Crippen LogP contribution in [0.2, 0.25) is 0 Å². The van der Waals surface area contributed by atoms with Gasteiger partial charge in [0.2, 0.25) is 0 Å². The zero-order valence-corrected chi connectivity index (χ0v) is 10.7. The predicted molar refractivity (Wildman–Crippen MR) is 70.6 cm³/mol. The Kier molecular flexibility index (Phi) is 5.94. The van der Waals surface area contributed by atoms with Gasteiger partial charge in [-0.25, -0.2) is 0 Å². The molecule has 0 fully saturated rings. The highest BCUT2D eigenvalue weighted by Gasteiger charge is 2.01. The molecule has 0 unspecified atom stereocenters. The maximum Gasteiger partial charge on any atom is 0.153 e. The van der Waals surface area contributed by atoms with Gasteiger partial charge in [-0.1, -0.05) is 43.3 Å². The molecule has 0 heterocycles. The van der Waals surface area contributed by atoms with E-state index < -0.39 is 0 Å². The molecular formula is C14H18OS. The minimum atomic E-state index is 0.134. The smallest absolute Gasteiger partial charge is 0.153 e. The monoisotopic (exact) mass is 234 g/mol. The van der Waals surface area contributed by atoms with Gasteiger partial charge in [0.25, 0.3) is 0 Å². The van der Waals surface area contributed by atoms with Crippen molar-refractivity contribution in [3.63, 3.8) is 0 Å². The molecule has 0 atom stereocenters. The molecule has 86 valence electrons. The third-order valence-corrected chi connectivity index (χ3v) is 3.23. The molecular weight excluding hydrogens is 216 g/mol. The van der Waals surface area contributed by atoms with E-state index in [1.165, 1.54) is 9.80 Å². The summed E-state index contributed by atoms with van der Waals surface area (Å²) in [6, 6.07) is 10.2. The summed E-state index contributed by atoms with van der Waals surface area (Å²) in [6.45, 7) is 3.77. The molecule has 0 aliphatic rings. The molecule has 1 nitrogen and oxygen atoms in total. The number of allylic oxidation sites excluding steroid dienone is 2. The largest absolute Gasteiger partial charge is 0.295 e. The van der Waals surface area contributed by atoms with Gasteiger partial charge in [0, 0.05) is 4.90 Å². The molecule has 1 aromatic carbocycles. The first-order chi connectivity index (χ1) is 7.72. The predicted octanol–water partition coefficient (Wildman–Crippen LogP) is 4.44. The molecule has 16 heavy (non-hydrogen) atoms. The van der Waals surface area contributed by atoms with Crippen molar-refractivity contribution in [3.05, 3.63) is 41.3 Å². The number of benzene rings is 1. The second kappa shape index (κ2) is 7.29. The average Bonchev–Trinajstić information content (AvgIpc) is 2.26. The quantitative estimate of drug-likeness (QED) is 0.534. The molecule has 0 bridgehead atoms. The first-order valence-electron chi connectivity index (χ1n) is 5.66. The van der Waals surface area contributed by atoms with Gasteiger partial charge in [-0.05, 0) is 42.9 Å². The normalized spacial score (nSPS) is 11.5. The van der Waals surface area contributed by atoms with E-state index in [2.05, 4.69) is 19.1 Å². The second-order valence-electron chi connectivity index (χ2n) is 3.74. The van der Waals surface area contributed by atoms with Crippen LogP contribution >= 0.6 is 11.8 Å². The van der Waals surface area contributed by atoms with E-state index in [0.29, 0.717) is 0 Å². The van der Waals surface area contributed by atoms with Crippen molar-refractivity contribution in [1.29, 1.82) is 0 Å². The second-order valence-corrected chi connectivity index (χ2v) is 4.94. The molecule has 0 amide bonds. The highest BCUT2D eigenvalue weighted by Crippen LogP contribution is 2.29. The van der Waals surface area contributed by atoms with E-state index in [4.69, 9.17) is 0 Å². The molecule has 0 aliphatic carbocycles. The minimum Gasteiger partial charge on any atom is -0.295 e. The number of ketones is 1. The first-order valence-corrected chi connectivity index (χ1v) is 6.48. The Bertz CT molecular complexity index is 354. The summed E-state index contributed by atoms with van der Waals surface area (Å²) in [6.07, 6.45) is 5.05. The number of hydrogen-bond acceptors (Lipinski definition) is 2. The fourth-order valence-electron chi connectivity index (χ4n) is 1.37. The standard InChI is InChI=1S/C14H18OS/c1-3-4-8-14(11-12(2)15)16-13-9-6-5-7-10-13/h5-7,9-11H,3-4,8H2,1-2H3/b14-11+. The van der Waals surface area contributed by atoms with Crippen molar-refractivity contribution in [2.24, 2.45) is 0 Å². The Labute approximate surface area is 102 Å². The fraction of sp³-hybridized carbons (Fsp3) is 0.357. The van der Waals surface area contributed by atoms with Crippen LogP contribution < -0.4 is 0 Å². The minimum absolute atomic E-state index is 0.134. The maximum absolute atomic E-state index is 11.1. The van der Waals surface area contributed by atoms with Crippen LogP contribution in [0.3, 0.4) is 0 Å². The van der Waals surface area contributed by atoms with Crippen molar-refractivity contribution in [3.8, 4) is 0 Å². The molecule has 0 saturated carbocycles. The molecule has 0 N–H and O–H groups in total. The number of thioether (sulfide) groups is 1. The topological polar surface area (TPSA) is 17.1 Å². The van der Waals surface area contributed by atoms with E-state index in [1.54, 1.807) is 24.8 Å². The van der Waals surface area contributed by atoms with Gasteiger partial charge >= 0.3 is 0 Å². The molecule has 0 radical (unpaired) electrons. The van der Waals surface area contributed by atoms with Gasteiger partial charge in [0.05, 0.1) is 0 Å². The van der Waals surface area contributed by atoms with Gasteiger partial charge in [-0.2, -0.15) is 0 Å². The molecule has 1 rings (SSSR count). The maximum atomic E-state index is 11.1. The highest BCUT2D eigenvalue weighted by atomic mass is 32.2. The number of carbonyl (C=O) groups excluding carboxylic acids is 1. The van der Waals surface area contributed by atoms with E-state index in [9.17, 15) is 4.79 Å². The van der Waals surface area contributed by atoms with Gasteiger partial charge in [0.15, 0.2) is 5.78 Å². The van der Waals surface area contributed by atoms with Crippen molar-refractivity contribution >= 4 is 17.5 Å². The molecule has 0 aromatic heterocycles. The lowest BCUT2D eigenvalue weighted by Crippen LogP contribution is -1.87. The van der Waals surface area contributed by atoms with Crippen LogP contribution in [0.4, 0.5) is 0 Å². The van der Waals surface area contributed by atoms with Crippen molar-refractivity contribution in [2.75, 3.05) is 0 Å². The third-order valence-electron chi connectivity index (χ3n) is 2.13. The van der Waals surface area contributed by atoms with Gasteiger partial charge in [-0.15, -0.1) is 0 Å². The SMILES string of the molecule is CCCC/C(=C\C(C)=O)Sc1ccccc1. The number of rotatable bonds is 6. The fourth-order valence-corrected chi connectivity index (χ4v) is 2.44. The lowest BCUT2D eigenvalue weighted by Gasteiger charge is -2.05. The van der Waals surface area contributed by atoms with Crippen molar-refractivity contribution in [2.45, 2.75) is 38.0 Å².